The second-order valence-corrected chi connectivity index (χ2v) is 10.3. The molecule has 1 saturated carbocycles. The molecule has 0 bridgehead atoms. The molecule has 4 N–H and O–H groups in total. The van der Waals surface area contributed by atoms with Gasteiger partial charge in [0, 0.05) is 28.3 Å². The lowest BCUT2D eigenvalue weighted by Crippen LogP contribution is -2.43. The molecule has 0 atom stereocenters. The molecule has 1 amide bonds. The maximum absolute atomic E-state index is 12.9. The van der Waals surface area contributed by atoms with Gasteiger partial charge >= 0.3 is 5.69 Å². The van der Waals surface area contributed by atoms with Crippen molar-refractivity contribution >= 4 is 29.0 Å². The zero-order valence-electron chi connectivity index (χ0n) is 19.7. The predicted octanol–water partition coefficient (Wildman–Crippen LogP) is 0.615. The quantitative estimate of drug-likeness (QED) is 0.312. The van der Waals surface area contributed by atoms with Crippen LogP contribution in [0, 0.1) is 0 Å². The van der Waals surface area contributed by atoms with Crippen molar-refractivity contribution in [2.24, 2.45) is 4.99 Å². The average molecular weight is 507 g/mol. The number of carbonyl (C=O) groups is 1. The number of nitrogens with one attached hydrogen (secondary N) is 3. The van der Waals surface area contributed by atoms with Gasteiger partial charge < -0.3 is 20.3 Å². The summed E-state index contributed by atoms with van der Waals surface area (Å²) < 4.78 is 1.66. The maximum atomic E-state index is 12.9. The Morgan fingerprint density at radius 3 is 2.78 bits per heavy atom. The number of fused-ring (bicyclic) bond motifs is 1. The van der Waals surface area contributed by atoms with Gasteiger partial charge in [0.25, 0.3) is 5.91 Å². The smallest absolute Gasteiger partial charge is 0.326 e. The van der Waals surface area contributed by atoms with Gasteiger partial charge in [-0.3, -0.25) is 14.8 Å². The Labute approximate surface area is 209 Å². The van der Waals surface area contributed by atoms with Crippen LogP contribution in [0.4, 0.5) is 0 Å². The van der Waals surface area contributed by atoms with E-state index in [1.54, 1.807) is 16.8 Å². The van der Waals surface area contributed by atoms with Crippen LogP contribution in [0.5, 0.6) is 5.88 Å². The number of amides is 1. The van der Waals surface area contributed by atoms with Crippen LogP contribution in [0.1, 0.15) is 41.0 Å². The highest BCUT2D eigenvalue weighted by Crippen LogP contribution is 2.25. The van der Waals surface area contributed by atoms with Crippen molar-refractivity contribution < 1.29 is 9.90 Å². The Morgan fingerprint density at radius 2 is 2.06 bits per heavy atom. The molecule has 6 rings (SSSR count). The molecule has 5 heterocycles. The van der Waals surface area contributed by atoms with Gasteiger partial charge in [0.2, 0.25) is 5.88 Å². The Balaban J connectivity index is 1.37. The summed E-state index contributed by atoms with van der Waals surface area (Å²) in [7, 11) is 2.10. The molecule has 0 radical (unpaired) electrons. The summed E-state index contributed by atoms with van der Waals surface area (Å²) in [5.74, 6) is -0.313. The van der Waals surface area contributed by atoms with Crippen LogP contribution in [-0.4, -0.2) is 72.7 Å². The number of hydrogen-bond acceptors (Lipinski definition) is 8. The fourth-order valence-corrected chi connectivity index (χ4v) is 5.15. The van der Waals surface area contributed by atoms with Crippen molar-refractivity contribution in [3.8, 4) is 17.1 Å². The number of imidazole rings is 1. The third-order valence-electron chi connectivity index (χ3n) is 6.55. The van der Waals surface area contributed by atoms with Gasteiger partial charge in [-0.05, 0) is 58.0 Å². The Bertz CT molecular complexity index is 1620. The highest BCUT2D eigenvalue weighted by atomic mass is 32.1. The van der Waals surface area contributed by atoms with Crippen molar-refractivity contribution in [1.29, 1.82) is 0 Å². The van der Waals surface area contributed by atoms with Crippen molar-refractivity contribution in [1.82, 2.24) is 34.8 Å². The first-order valence-corrected chi connectivity index (χ1v) is 12.8. The number of nitrogens with zero attached hydrogens (tertiary/aromatic N) is 5. The van der Waals surface area contributed by atoms with E-state index in [9.17, 15) is 14.7 Å². The van der Waals surface area contributed by atoms with Gasteiger partial charge in [-0.2, -0.15) is 9.61 Å². The molecule has 2 fully saturated rings. The first-order valence-electron chi connectivity index (χ1n) is 12.0. The summed E-state index contributed by atoms with van der Waals surface area (Å²) >= 11 is 1.39. The van der Waals surface area contributed by atoms with Crippen LogP contribution >= 0.6 is 11.3 Å². The van der Waals surface area contributed by atoms with E-state index >= 15 is 0 Å². The standard InChI is InChI=1S/C24H26N8O3S/c1-31-6-4-16(5-7-31)27-23(34)19-9-14(12-36-19)17-10-20(26-15-2-3-15)32-21(28-17)13(11-25-32)8-18-22(33)30-24(35)29-18/h8-12,15-16,33H,2-7H2,1H3,(H,27,34)(H2,29,30,35). The fraction of sp³-hybridized carbons (Fsp3) is 0.375. The number of aromatic nitrogens is 5. The van der Waals surface area contributed by atoms with Gasteiger partial charge in [-0.25, -0.2) is 9.78 Å². The summed E-state index contributed by atoms with van der Waals surface area (Å²) in [6, 6.07) is 4.21. The monoisotopic (exact) mass is 506 g/mol. The van der Waals surface area contributed by atoms with Crippen LogP contribution in [-0.2, 0) is 0 Å². The summed E-state index contributed by atoms with van der Waals surface area (Å²) in [6.45, 7) is 1.97. The van der Waals surface area contributed by atoms with E-state index in [-0.39, 0.29) is 29.6 Å². The molecule has 36 heavy (non-hydrogen) atoms. The van der Waals surface area contributed by atoms with Crippen LogP contribution in [0.2, 0.25) is 0 Å². The highest BCUT2D eigenvalue weighted by molar-refractivity contribution is 7.12. The number of thiophene rings is 1. The Kier molecular flexibility index (Phi) is 5.69. The number of likely N-dealkylation sites (tertiary alicyclic amines) is 1. The fourth-order valence-electron chi connectivity index (χ4n) is 4.34. The lowest BCUT2D eigenvalue weighted by Gasteiger charge is -2.29. The first-order chi connectivity index (χ1) is 17.4. The van der Waals surface area contributed by atoms with Crippen molar-refractivity contribution in [3.63, 3.8) is 0 Å². The summed E-state index contributed by atoms with van der Waals surface area (Å²) in [5, 5.41) is 20.1. The van der Waals surface area contributed by atoms with Gasteiger partial charge in [0.15, 0.2) is 11.1 Å². The number of aromatic hydroxyl groups is 1. The first kappa shape index (κ1) is 22.7. The molecule has 12 heteroatoms. The molecule has 186 valence electrons. The molecule has 0 aromatic carbocycles. The predicted molar refractivity (Wildman–Crippen MR) is 135 cm³/mol. The molecule has 4 aromatic heterocycles. The SMILES string of the molecule is CN1CCC(NC(=O)c2cc(-c3cc(=NC4CC4)n4ncc(=Cc5[nH]c(=O)[nH]c5O)c4n3)cs2)CC1. The number of aromatic amines is 2. The molecule has 0 unspecified atom stereocenters. The zero-order valence-corrected chi connectivity index (χ0v) is 20.5. The lowest BCUT2D eigenvalue weighted by atomic mass is 10.1. The van der Waals surface area contributed by atoms with Gasteiger partial charge in [-0.1, -0.05) is 0 Å². The molecular formula is C24H26N8O3S. The Hall–Kier alpha value is -3.77. The molecule has 1 aliphatic carbocycles. The largest absolute Gasteiger partial charge is 0.493 e. The lowest BCUT2D eigenvalue weighted by molar-refractivity contribution is 0.0921. The summed E-state index contributed by atoms with van der Waals surface area (Å²) in [6.07, 6.45) is 7.22. The third-order valence-corrected chi connectivity index (χ3v) is 7.48. The molecule has 4 aromatic rings. The average Bonchev–Trinajstić information content (AvgIpc) is 3.24. The molecule has 0 spiro atoms. The summed E-state index contributed by atoms with van der Waals surface area (Å²) in [4.78, 5) is 41.8. The number of hydrogen-bond donors (Lipinski definition) is 4. The van der Waals surface area contributed by atoms with Crippen molar-refractivity contribution in [2.45, 2.75) is 37.8 Å². The van der Waals surface area contributed by atoms with E-state index in [1.807, 2.05) is 17.5 Å². The third kappa shape index (κ3) is 4.56. The van der Waals surface area contributed by atoms with E-state index in [4.69, 9.17) is 9.98 Å². The minimum absolute atomic E-state index is 0.0602. The molecule has 1 aliphatic heterocycles. The van der Waals surface area contributed by atoms with E-state index < -0.39 is 5.69 Å². The van der Waals surface area contributed by atoms with E-state index in [0.717, 1.165) is 44.3 Å². The Morgan fingerprint density at radius 1 is 1.25 bits per heavy atom. The normalized spacial score (nSPS) is 18.4. The zero-order chi connectivity index (χ0) is 24.8. The summed E-state index contributed by atoms with van der Waals surface area (Å²) in [5.41, 5.74) is 2.46. The van der Waals surface area contributed by atoms with Crippen LogP contribution in [0.25, 0.3) is 23.0 Å². The van der Waals surface area contributed by atoms with Crippen LogP contribution in [0.15, 0.2) is 33.5 Å². The van der Waals surface area contributed by atoms with E-state index in [2.05, 4.69) is 32.3 Å². The number of piperidine rings is 1. The van der Waals surface area contributed by atoms with Crippen LogP contribution < -0.4 is 21.7 Å². The molecule has 2 aliphatic rings. The molecule has 1 saturated heterocycles. The van der Waals surface area contributed by atoms with Gasteiger partial charge in [0.1, 0.15) is 5.69 Å². The number of rotatable bonds is 5. The van der Waals surface area contributed by atoms with Crippen LogP contribution in [0.3, 0.4) is 0 Å². The van der Waals surface area contributed by atoms with E-state index in [1.165, 1.54) is 11.3 Å². The molecule has 11 nitrogen and oxygen atoms in total. The second-order valence-electron chi connectivity index (χ2n) is 9.43. The number of H-pyrrole nitrogens is 2. The van der Waals surface area contributed by atoms with Crippen molar-refractivity contribution in [2.75, 3.05) is 20.1 Å². The highest BCUT2D eigenvalue weighted by Gasteiger charge is 2.22. The van der Waals surface area contributed by atoms with Crippen molar-refractivity contribution in [3.05, 3.63) is 55.5 Å². The number of carbonyl (C=O) groups excluding carboxylic acids is 1. The second kappa shape index (κ2) is 9.03. The maximum Gasteiger partial charge on any atom is 0.326 e. The minimum atomic E-state index is -0.502. The topological polar surface area (TPSA) is 144 Å². The van der Waals surface area contributed by atoms with Gasteiger partial charge in [-0.15, -0.1) is 11.3 Å². The van der Waals surface area contributed by atoms with Gasteiger partial charge in [0.05, 0.1) is 22.8 Å². The van der Waals surface area contributed by atoms with E-state index in [0.29, 0.717) is 26.9 Å². The molecular weight excluding hydrogens is 480 g/mol. The minimum Gasteiger partial charge on any atom is -0.493 e.